The van der Waals surface area contributed by atoms with Gasteiger partial charge in [-0.15, -0.1) is 0 Å². The van der Waals surface area contributed by atoms with E-state index in [1.807, 2.05) is 6.92 Å². The third-order valence-electron chi connectivity index (χ3n) is 2.59. The lowest BCUT2D eigenvalue weighted by Gasteiger charge is -2.09. The molecular weight excluding hydrogens is 332 g/mol. The molecule has 0 amide bonds. The second-order valence-electron chi connectivity index (χ2n) is 4.20. The maximum Gasteiger partial charge on any atom is 0.200 e. The molecule has 0 saturated carbocycles. The van der Waals surface area contributed by atoms with E-state index in [-0.39, 0.29) is 12.4 Å². The van der Waals surface area contributed by atoms with Crippen LogP contribution >= 0.6 is 15.9 Å². The summed E-state index contributed by atoms with van der Waals surface area (Å²) in [7, 11) is 0. The molecule has 0 saturated heterocycles. The summed E-state index contributed by atoms with van der Waals surface area (Å²) in [6.45, 7) is 5.22. The molecule has 0 atom stereocenters. The molecule has 1 rings (SSSR count). The normalized spacial score (nSPS) is 10.8. The van der Waals surface area contributed by atoms with Crippen LogP contribution in [-0.4, -0.2) is 32.9 Å². The molecule has 0 aromatic heterocycles. The van der Waals surface area contributed by atoms with Crippen LogP contribution in [0.3, 0.4) is 0 Å². The zero-order valence-corrected chi connectivity index (χ0v) is 13.1. The largest absolute Gasteiger partial charge is 0.489 e. The van der Waals surface area contributed by atoms with E-state index in [1.54, 1.807) is 0 Å². The minimum atomic E-state index is -0.954. The highest BCUT2D eigenvalue weighted by Gasteiger charge is 2.10. The van der Waals surface area contributed by atoms with Crippen molar-refractivity contribution < 1.29 is 18.3 Å². The first-order valence-electron chi connectivity index (χ1n) is 6.71. The average molecular weight is 352 g/mol. The first kappa shape index (κ1) is 17.3. The van der Waals surface area contributed by atoms with Gasteiger partial charge in [-0.25, -0.2) is 4.39 Å². The smallest absolute Gasteiger partial charge is 0.200 e. The predicted molar refractivity (Wildman–Crippen MR) is 78.1 cm³/mol. The van der Waals surface area contributed by atoms with E-state index < -0.39 is 11.6 Å². The number of benzene rings is 1. The molecule has 0 bridgehead atoms. The second-order valence-corrected chi connectivity index (χ2v) is 5.12. The maximum atomic E-state index is 13.4. The Balaban J connectivity index is 2.13. The number of hydrogen-bond donors (Lipinski definition) is 1. The molecule has 0 heterocycles. The standard InChI is InChI=1S/C14H20BrF2NO2/c1-2-19-7-4-3-5-18-6-8-20-13-10-11(15)9-12(16)14(13)17/h9-10,18H,2-8H2,1H3. The Labute approximate surface area is 126 Å². The van der Waals surface area contributed by atoms with Crippen molar-refractivity contribution in [3.63, 3.8) is 0 Å². The minimum absolute atomic E-state index is 0.0741. The van der Waals surface area contributed by atoms with E-state index in [4.69, 9.17) is 9.47 Å². The van der Waals surface area contributed by atoms with E-state index in [9.17, 15) is 8.78 Å². The lowest BCUT2D eigenvalue weighted by Crippen LogP contribution is -2.22. The molecule has 114 valence electrons. The van der Waals surface area contributed by atoms with Gasteiger partial charge in [-0.1, -0.05) is 15.9 Å². The number of unbranched alkanes of at least 4 members (excludes halogenated alkanes) is 1. The van der Waals surface area contributed by atoms with Crippen LogP contribution < -0.4 is 10.1 Å². The number of rotatable bonds is 10. The van der Waals surface area contributed by atoms with E-state index in [2.05, 4.69) is 21.2 Å². The van der Waals surface area contributed by atoms with Crippen molar-refractivity contribution in [3.05, 3.63) is 28.2 Å². The van der Waals surface area contributed by atoms with Gasteiger partial charge in [0, 0.05) is 24.2 Å². The van der Waals surface area contributed by atoms with E-state index in [0.29, 0.717) is 11.0 Å². The number of nitrogens with one attached hydrogen (secondary N) is 1. The molecule has 0 aliphatic heterocycles. The first-order chi connectivity index (χ1) is 9.65. The molecule has 0 fully saturated rings. The van der Waals surface area contributed by atoms with Gasteiger partial charge in [0.15, 0.2) is 11.6 Å². The van der Waals surface area contributed by atoms with E-state index in [1.165, 1.54) is 6.07 Å². The van der Waals surface area contributed by atoms with Gasteiger partial charge in [0.25, 0.3) is 0 Å². The van der Waals surface area contributed by atoms with E-state index in [0.717, 1.165) is 38.7 Å². The van der Waals surface area contributed by atoms with Gasteiger partial charge in [0.1, 0.15) is 6.61 Å². The number of halogens is 3. The van der Waals surface area contributed by atoms with Gasteiger partial charge in [-0.3, -0.25) is 0 Å². The Morgan fingerprint density at radius 2 is 1.95 bits per heavy atom. The lowest BCUT2D eigenvalue weighted by atomic mass is 10.3. The van der Waals surface area contributed by atoms with Gasteiger partial charge in [0.2, 0.25) is 5.82 Å². The Hall–Kier alpha value is -0.720. The monoisotopic (exact) mass is 351 g/mol. The molecule has 1 aromatic rings. The van der Waals surface area contributed by atoms with Crippen molar-refractivity contribution in [2.24, 2.45) is 0 Å². The van der Waals surface area contributed by atoms with Crippen LogP contribution in [0, 0.1) is 11.6 Å². The fraction of sp³-hybridized carbons (Fsp3) is 0.571. The summed E-state index contributed by atoms with van der Waals surface area (Å²) in [6.07, 6.45) is 2.02. The van der Waals surface area contributed by atoms with Crippen molar-refractivity contribution in [1.29, 1.82) is 0 Å². The predicted octanol–water partition coefficient (Wildman–Crippen LogP) is 3.51. The van der Waals surface area contributed by atoms with Gasteiger partial charge >= 0.3 is 0 Å². The molecule has 1 aromatic carbocycles. The first-order valence-corrected chi connectivity index (χ1v) is 7.50. The summed E-state index contributed by atoms with van der Waals surface area (Å²) in [4.78, 5) is 0. The quantitative estimate of drug-likeness (QED) is 0.516. The van der Waals surface area contributed by atoms with Gasteiger partial charge in [-0.2, -0.15) is 4.39 Å². The highest BCUT2D eigenvalue weighted by atomic mass is 79.9. The van der Waals surface area contributed by atoms with Crippen molar-refractivity contribution in [1.82, 2.24) is 5.32 Å². The fourth-order valence-electron chi connectivity index (χ4n) is 1.59. The fourth-order valence-corrected chi connectivity index (χ4v) is 2.00. The van der Waals surface area contributed by atoms with Crippen LogP contribution in [0.4, 0.5) is 8.78 Å². The summed E-state index contributed by atoms with van der Waals surface area (Å²) in [5.74, 6) is -1.95. The Morgan fingerprint density at radius 1 is 1.15 bits per heavy atom. The zero-order valence-electron chi connectivity index (χ0n) is 11.6. The van der Waals surface area contributed by atoms with Crippen LogP contribution in [0.5, 0.6) is 5.75 Å². The molecule has 20 heavy (non-hydrogen) atoms. The van der Waals surface area contributed by atoms with Gasteiger partial charge < -0.3 is 14.8 Å². The van der Waals surface area contributed by atoms with Crippen LogP contribution in [-0.2, 0) is 4.74 Å². The summed E-state index contributed by atoms with van der Waals surface area (Å²) >= 11 is 3.10. The Bertz CT molecular complexity index is 405. The van der Waals surface area contributed by atoms with Crippen LogP contribution in [0.2, 0.25) is 0 Å². The molecule has 0 aliphatic carbocycles. The van der Waals surface area contributed by atoms with Crippen molar-refractivity contribution in [2.45, 2.75) is 19.8 Å². The van der Waals surface area contributed by atoms with Crippen molar-refractivity contribution in [2.75, 3.05) is 32.9 Å². The second kappa shape index (κ2) is 10.1. The molecule has 0 spiro atoms. The van der Waals surface area contributed by atoms with Crippen LogP contribution in [0.15, 0.2) is 16.6 Å². The number of hydrogen-bond acceptors (Lipinski definition) is 3. The van der Waals surface area contributed by atoms with E-state index >= 15 is 0 Å². The minimum Gasteiger partial charge on any atom is -0.489 e. The Morgan fingerprint density at radius 3 is 2.70 bits per heavy atom. The third kappa shape index (κ3) is 6.63. The highest BCUT2D eigenvalue weighted by Crippen LogP contribution is 2.25. The summed E-state index contributed by atoms with van der Waals surface area (Å²) in [5.41, 5.74) is 0. The molecule has 0 unspecified atom stereocenters. The molecule has 6 heteroatoms. The van der Waals surface area contributed by atoms with Crippen molar-refractivity contribution >= 4 is 15.9 Å². The molecule has 3 nitrogen and oxygen atoms in total. The number of ether oxygens (including phenoxy) is 2. The average Bonchev–Trinajstić information content (AvgIpc) is 2.42. The van der Waals surface area contributed by atoms with Gasteiger partial charge in [-0.05, 0) is 38.4 Å². The highest BCUT2D eigenvalue weighted by molar-refractivity contribution is 9.10. The Kier molecular flexibility index (Phi) is 8.73. The SMILES string of the molecule is CCOCCCCNCCOc1cc(Br)cc(F)c1F. The van der Waals surface area contributed by atoms with Gasteiger partial charge in [0.05, 0.1) is 0 Å². The van der Waals surface area contributed by atoms with Crippen LogP contribution in [0.1, 0.15) is 19.8 Å². The topological polar surface area (TPSA) is 30.5 Å². The third-order valence-corrected chi connectivity index (χ3v) is 3.05. The summed E-state index contributed by atoms with van der Waals surface area (Å²) < 4.78 is 37.4. The van der Waals surface area contributed by atoms with Crippen molar-refractivity contribution in [3.8, 4) is 5.75 Å². The maximum absolute atomic E-state index is 13.4. The zero-order chi connectivity index (χ0) is 14.8. The molecule has 0 radical (unpaired) electrons. The molecular formula is C14H20BrF2NO2. The lowest BCUT2D eigenvalue weighted by molar-refractivity contribution is 0.143. The summed E-state index contributed by atoms with van der Waals surface area (Å²) in [5, 5.41) is 3.17. The molecule has 0 aliphatic rings. The summed E-state index contributed by atoms with van der Waals surface area (Å²) in [6, 6.07) is 2.49. The molecule has 1 N–H and O–H groups in total. The van der Waals surface area contributed by atoms with Crippen LogP contribution in [0.25, 0.3) is 0 Å².